The molecule has 4 nitrogen and oxygen atoms in total. The minimum atomic E-state index is -0.893. The minimum Gasteiger partial charge on any atom is -0.481 e. The van der Waals surface area contributed by atoms with Crippen LogP contribution in [0.1, 0.15) is 28.7 Å². The van der Waals surface area contributed by atoms with Crippen LogP contribution in [-0.2, 0) is 9.59 Å². The van der Waals surface area contributed by atoms with Crippen LogP contribution in [0.4, 0.5) is 5.69 Å². The van der Waals surface area contributed by atoms with Crippen LogP contribution in [0.25, 0.3) is 0 Å². The lowest BCUT2D eigenvalue weighted by molar-refractivity contribution is -0.141. The Hall–Kier alpha value is -1.84. The highest BCUT2D eigenvalue weighted by molar-refractivity contribution is 6.00. The molecule has 0 bridgehead atoms. The van der Waals surface area contributed by atoms with Gasteiger partial charge in [-0.25, -0.2) is 0 Å². The number of aliphatic carboxylic acids is 1. The average Bonchev–Trinajstić information content (AvgIpc) is 2.70. The second-order valence-electron chi connectivity index (χ2n) is 5.35. The SMILES string of the molecule is Cc1cc(C)c(C)c(N2CC(C(=O)O)CC2=O)c1C. The number of anilines is 1. The lowest BCUT2D eigenvalue weighted by Gasteiger charge is -2.24. The molecule has 102 valence electrons. The Balaban J connectivity index is 2.48. The fraction of sp³-hybridized carbons (Fsp3) is 0.467. The van der Waals surface area contributed by atoms with E-state index in [1.165, 1.54) is 0 Å². The summed E-state index contributed by atoms with van der Waals surface area (Å²) in [5, 5.41) is 9.06. The van der Waals surface area contributed by atoms with Crippen molar-refractivity contribution in [1.82, 2.24) is 0 Å². The van der Waals surface area contributed by atoms with E-state index >= 15 is 0 Å². The molecule has 1 aromatic rings. The molecule has 1 fully saturated rings. The van der Waals surface area contributed by atoms with E-state index in [-0.39, 0.29) is 18.9 Å². The molecule has 1 heterocycles. The summed E-state index contributed by atoms with van der Waals surface area (Å²) < 4.78 is 0. The Morgan fingerprint density at radius 3 is 2.16 bits per heavy atom. The molecule has 0 spiro atoms. The van der Waals surface area contributed by atoms with Crippen molar-refractivity contribution in [3.05, 3.63) is 28.3 Å². The number of carboxylic acid groups (broad SMARTS) is 1. The predicted octanol–water partition coefficient (Wildman–Crippen LogP) is 2.36. The van der Waals surface area contributed by atoms with Crippen LogP contribution in [0.5, 0.6) is 0 Å². The highest BCUT2D eigenvalue weighted by atomic mass is 16.4. The Bertz CT molecular complexity index is 537. The molecule has 0 saturated carbocycles. The summed E-state index contributed by atoms with van der Waals surface area (Å²) in [5.41, 5.74) is 5.27. The van der Waals surface area contributed by atoms with Gasteiger partial charge in [-0.05, 0) is 49.9 Å². The van der Waals surface area contributed by atoms with Crippen LogP contribution in [0.3, 0.4) is 0 Å². The van der Waals surface area contributed by atoms with E-state index in [0.717, 1.165) is 27.9 Å². The summed E-state index contributed by atoms with van der Waals surface area (Å²) in [6.07, 6.45) is 0.0984. The van der Waals surface area contributed by atoms with Crippen molar-refractivity contribution in [1.29, 1.82) is 0 Å². The van der Waals surface area contributed by atoms with Crippen molar-refractivity contribution in [3.8, 4) is 0 Å². The lowest BCUT2D eigenvalue weighted by atomic mass is 9.98. The first-order chi connectivity index (χ1) is 8.82. The quantitative estimate of drug-likeness (QED) is 0.889. The smallest absolute Gasteiger partial charge is 0.308 e. The lowest BCUT2D eigenvalue weighted by Crippen LogP contribution is -2.27. The number of hydrogen-bond donors (Lipinski definition) is 1. The minimum absolute atomic E-state index is 0.0939. The van der Waals surface area contributed by atoms with E-state index in [0.29, 0.717) is 0 Å². The molecule has 0 radical (unpaired) electrons. The van der Waals surface area contributed by atoms with Gasteiger partial charge in [0, 0.05) is 18.7 Å². The first-order valence-electron chi connectivity index (χ1n) is 6.43. The summed E-state index contributed by atoms with van der Waals surface area (Å²) in [6, 6.07) is 2.10. The van der Waals surface area contributed by atoms with Crippen molar-refractivity contribution in [2.75, 3.05) is 11.4 Å². The molecule has 1 aromatic carbocycles. The third kappa shape index (κ3) is 2.23. The van der Waals surface area contributed by atoms with Crippen molar-refractivity contribution in [2.24, 2.45) is 5.92 Å². The molecule has 1 aliphatic heterocycles. The highest BCUT2D eigenvalue weighted by Crippen LogP contribution is 2.34. The third-order valence-electron chi connectivity index (χ3n) is 4.07. The van der Waals surface area contributed by atoms with Gasteiger partial charge in [0.1, 0.15) is 0 Å². The second kappa shape index (κ2) is 4.68. The summed E-state index contributed by atoms with van der Waals surface area (Å²) in [4.78, 5) is 24.8. The van der Waals surface area contributed by atoms with E-state index in [2.05, 4.69) is 6.07 Å². The monoisotopic (exact) mass is 261 g/mol. The van der Waals surface area contributed by atoms with Crippen molar-refractivity contribution in [3.63, 3.8) is 0 Å². The van der Waals surface area contributed by atoms with Crippen molar-refractivity contribution >= 4 is 17.6 Å². The highest BCUT2D eigenvalue weighted by Gasteiger charge is 2.36. The molecular weight excluding hydrogens is 242 g/mol. The van der Waals surface area contributed by atoms with Gasteiger partial charge in [-0.3, -0.25) is 9.59 Å². The van der Waals surface area contributed by atoms with E-state index in [1.54, 1.807) is 4.90 Å². The first kappa shape index (κ1) is 13.6. The van der Waals surface area contributed by atoms with Crippen LogP contribution < -0.4 is 4.90 Å². The molecule has 19 heavy (non-hydrogen) atoms. The molecule has 1 atom stereocenters. The molecule has 2 rings (SSSR count). The number of benzene rings is 1. The maximum atomic E-state index is 12.1. The van der Waals surface area contributed by atoms with Gasteiger partial charge in [0.15, 0.2) is 0 Å². The van der Waals surface area contributed by atoms with Gasteiger partial charge in [-0.2, -0.15) is 0 Å². The Morgan fingerprint density at radius 2 is 1.74 bits per heavy atom. The fourth-order valence-electron chi connectivity index (χ4n) is 2.69. The molecular formula is C15H19NO3. The van der Waals surface area contributed by atoms with Gasteiger partial charge in [-0.15, -0.1) is 0 Å². The molecule has 1 aliphatic rings. The normalized spacial score (nSPS) is 19.1. The summed E-state index contributed by atoms with van der Waals surface area (Å²) in [5.74, 6) is -1.58. The number of aryl methyl sites for hydroxylation is 2. The predicted molar refractivity (Wildman–Crippen MR) is 73.5 cm³/mol. The second-order valence-corrected chi connectivity index (χ2v) is 5.35. The summed E-state index contributed by atoms with van der Waals surface area (Å²) >= 11 is 0. The third-order valence-corrected chi connectivity index (χ3v) is 4.07. The van der Waals surface area contributed by atoms with Gasteiger partial charge >= 0.3 is 5.97 Å². The Kier molecular flexibility index (Phi) is 3.35. The first-order valence-corrected chi connectivity index (χ1v) is 6.43. The van der Waals surface area contributed by atoms with Crippen LogP contribution in [0, 0.1) is 33.6 Å². The maximum Gasteiger partial charge on any atom is 0.308 e. The molecule has 4 heteroatoms. The van der Waals surface area contributed by atoms with Gasteiger partial charge in [0.2, 0.25) is 5.91 Å². The van der Waals surface area contributed by atoms with Gasteiger partial charge < -0.3 is 10.0 Å². The standard InChI is InChI=1S/C15H19NO3/c1-8-5-9(2)11(4)14(10(8)3)16-7-12(15(18)19)6-13(16)17/h5,12H,6-7H2,1-4H3,(H,18,19). The van der Waals surface area contributed by atoms with Crippen molar-refractivity contribution in [2.45, 2.75) is 34.1 Å². The van der Waals surface area contributed by atoms with E-state index < -0.39 is 11.9 Å². The number of carbonyl (C=O) groups excluding carboxylic acids is 1. The fourth-order valence-corrected chi connectivity index (χ4v) is 2.69. The van der Waals surface area contributed by atoms with Crippen LogP contribution >= 0.6 is 0 Å². The molecule has 0 aromatic heterocycles. The zero-order chi connectivity index (χ0) is 14.3. The topological polar surface area (TPSA) is 57.6 Å². The largest absolute Gasteiger partial charge is 0.481 e. The molecule has 1 amide bonds. The number of amides is 1. The summed E-state index contributed by atoms with van der Waals surface area (Å²) in [7, 11) is 0. The van der Waals surface area contributed by atoms with E-state index in [1.807, 2.05) is 27.7 Å². The summed E-state index contributed by atoms with van der Waals surface area (Å²) in [6.45, 7) is 8.27. The molecule has 0 aliphatic carbocycles. The average molecular weight is 261 g/mol. The Morgan fingerprint density at radius 1 is 1.21 bits per heavy atom. The van der Waals surface area contributed by atoms with Gasteiger partial charge in [0.05, 0.1) is 5.92 Å². The number of rotatable bonds is 2. The molecule has 1 N–H and O–H groups in total. The van der Waals surface area contributed by atoms with Crippen molar-refractivity contribution < 1.29 is 14.7 Å². The van der Waals surface area contributed by atoms with Crippen LogP contribution in [-0.4, -0.2) is 23.5 Å². The zero-order valence-electron chi connectivity index (χ0n) is 11.8. The van der Waals surface area contributed by atoms with Crippen LogP contribution in [0.2, 0.25) is 0 Å². The van der Waals surface area contributed by atoms with Gasteiger partial charge in [0.25, 0.3) is 0 Å². The van der Waals surface area contributed by atoms with E-state index in [4.69, 9.17) is 5.11 Å². The zero-order valence-corrected chi connectivity index (χ0v) is 11.8. The molecule has 1 unspecified atom stereocenters. The van der Waals surface area contributed by atoms with Gasteiger partial charge in [-0.1, -0.05) is 6.07 Å². The molecule has 1 saturated heterocycles. The maximum absolute atomic E-state index is 12.1. The van der Waals surface area contributed by atoms with E-state index in [9.17, 15) is 9.59 Å². The number of hydrogen-bond acceptors (Lipinski definition) is 2. The number of carboxylic acids is 1. The van der Waals surface area contributed by atoms with Crippen LogP contribution in [0.15, 0.2) is 6.07 Å². The number of nitrogens with zero attached hydrogens (tertiary/aromatic N) is 1. The number of carbonyl (C=O) groups is 2. The Labute approximate surface area is 113 Å².